The second-order valence-electron chi connectivity index (χ2n) is 3.89. The summed E-state index contributed by atoms with van der Waals surface area (Å²) < 4.78 is 3.79. The molecular formula is C13H12N4OS. The standard InChI is InChI=1S/C13H12N4OS/c1-2-11-12(19-17-16-11)13(18)15-8-10-5-3-9(7-14)4-6-10/h3-6H,2,8H2,1H3,(H,15,18). The van der Waals surface area contributed by atoms with Crippen molar-refractivity contribution < 1.29 is 4.79 Å². The van der Waals surface area contributed by atoms with Gasteiger partial charge in [-0.2, -0.15) is 5.26 Å². The van der Waals surface area contributed by atoms with Crippen LogP contribution in [-0.2, 0) is 13.0 Å². The molecule has 1 aromatic carbocycles. The molecule has 5 nitrogen and oxygen atoms in total. The number of aryl methyl sites for hydroxylation is 1. The molecule has 6 heteroatoms. The van der Waals surface area contributed by atoms with Crippen LogP contribution in [0.3, 0.4) is 0 Å². The van der Waals surface area contributed by atoms with Crippen molar-refractivity contribution >= 4 is 17.4 Å². The van der Waals surface area contributed by atoms with Crippen molar-refractivity contribution in [2.75, 3.05) is 0 Å². The summed E-state index contributed by atoms with van der Waals surface area (Å²) in [5.74, 6) is -0.156. The average Bonchev–Trinajstić information content (AvgIpc) is 2.93. The van der Waals surface area contributed by atoms with E-state index >= 15 is 0 Å². The second-order valence-corrected chi connectivity index (χ2v) is 4.65. The van der Waals surface area contributed by atoms with Crippen LogP contribution in [0, 0.1) is 11.3 Å². The Morgan fingerprint density at radius 3 is 2.79 bits per heavy atom. The second kappa shape index (κ2) is 6.07. The molecule has 19 heavy (non-hydrogen) atoms. The third-order valence-electron chi connectivity index (χ3n) is 2.63. The number of hydrogen-bond acceptors (Lipinski definition) is 5. The topological polar surface area (TPSA) is 78.7 Å². The lowest BCUT2D eigenvalue weighted by Crippen LogP contribution is -2.22. The molecule has 96 valence electrons. The van der Waals surface area contributed by atoms with Gasteiger partial charge in [-0.15, -0.1) is 5.10 Å². The number of nitriles is 1. The first-order valence-corrected chi connectivity index (χ1v) is 6.60. The highest BCUT2D eigenvalue weighted by Gasteiger charge is 2.14. The molecule has 0 aliphatic rings. The van der Waals surface area contributed by atoms with Crippen molar-refractivity contribution in [3.63, 3.8) is 0 Å². The van der Waals surface area contributed by atoms with Gasteiger partial charge < -0.3 is 5.32 Å². The number of aromatic nitrogens is 2. The van der Waals surface area contributed by atoms with Gasteiger partial charge in [0, 0.05) is 6.54 Å². The van der Waals surface area contributed by atoms with E-state index in [1.807, 2.05) is 19.1 Å². The fourth-order valence-electron chi connectivity index (χ4n) is 1.57. The molecule has 1 amide bonds. The number of benzene rings is 1. The Balaban J connectivity index is 1.98. The van der Waals surface area contributed by atoms with Crippen molar-refractivity contribution in [3.8, 4) is 6.07 Å². The number of nitrogens with one attached hydrogen (secondary N) is 1. The van der Waals surface area contributed by atoms with Crippen LogP contribution in [-0.4, -0.2) is 15.5 Å². The lowest BCUT2D eigenvalue weighted by atomic mass is 10.1. The van der Waals surface area contributed by atoms with Crippen LogP contribution in [0.15, 0.2) is 24.3 Å². The van der Waals surface area contributed by atoms with Gasteiger partial charge in [-0.3, -0.25) is 4.79 Å². The number of hydrogen-bond donors (Lipinski definition) is 1. The maximum atomic E-state index is 11.9. The van der Waals surface area contributed by atoms with Gasteiger partial charge in [-0.1, -0.05) is 23.5 Å². The first-order chi connectivity index (χ1) is 9.24. The van der Waals surface area contributed by atoms with E-state index < -0.39 is 0 Å². The number of amides is 1. The normalized spacial score (nSPS) is 9.89. The fourth-order valence-corrected chi connectivity index (χ4v) is 2.24. The average molecular weight is 272 g/mol. The third kappa shape index (κ3) is 3.14. The Kier molecular flexibility index (Phi) is 4.21. The summed E-state index contributed by atoms with van der Waals surface area (Å²) in [5, 5.41) is 15.4. The summed E-state index contributed by atoms with van der Waals surface area (Å²) in [4.78, 5) is 12.5. The van der Waals surface area contributed by atoms with Crippen LogP contribution in [0.5, 0.6) is 0 Å². The van der Waals surface area contributed by atoms with Crippen molar-refractivity contribution in [2.24, 2.45) is 0 Å². The largest absolute Gasteiger partial charge is 0.347 e. The molecular weight excluding hydrogens is 260 g/mol. The van der Waals surface area contributed by atoms with Crippen LogP contribution < -0.4 is 5.32 Å². The summed E-state index contributed by atoms with van der Waals surface area (Å²) in [5.41, 5.74) is 2.28. The van der Waals surface area contributed by atoms with E-state index in [-0.39, 0.29) is 5.91 Å². The molecule has 0 aliphatic carbocycles. The first-order valence-electron chi connectivity index (χ1n) is 5.83. The minimum Gasteiger partial charge on any atom is -0.347 e. The minimum atomic E-state index is -0.156. The van der Waals surface area contributed by atoms with Gasteiger partial charge in [0.25, 0.3) is 5.91 Å². The van der Waals surface area contributed by atoms with Crippen LogP contribution in [0.2, 0.25) is 0 Å². The molecule has 0 saturated carbocycles. The fraction of sp³-hybridized carbons (Fsp3) is 0.231. The summed E-state index contributed by atoms with van der Waals surface area (Å²) in [6.45, 7) is 2.36. The Morgan fingerprint density at radius 1 is 1.42 bits per heavy atom. The molecule has 0 spiro atoms. The zero-order valence-corrected chi connectivity index (χ0v) is 11.2. The summed E-state index contributed by atoms with van der Waals surface area (Å²) >= 11 is 1.11. The lowest BCUT2D eigenvalue weighted by Gasteiger charge is -2.04. The van der Waals surface area contributed by atoms with Gasteiger partial charge in [-0.25, -0.2) is 0 Å². The SMILES string of the molecule is CCc1nnsc1C(=O)NCc1ccc(C#N)cc1. The monoisotopic (exact) mass is 272 g/mol. The van der Waals surface area contributed by atoms with E-state index in [4.69, 9.17) is 5.26 Å². The van der Waals surface area contributed by atoms with Crippen LogP contribution in [0.1, 0.15) is 33.4 Å². The highest BCUT2D eigenvalue weighted by atomic mass is 32.1. The predicted octanol–water partition coefficient (Wildman–Crippen LogP) is 1.90. The number of carbonyl (C=O) groups is 1. The van der Waals surface area contributed by atoms with Gasteiger partial charge >= 0.3 is 0 Å². The summed E-state index contributed by atoms with van der Waals surface area (Å²) in [7, 11) is 0. The number of nitrogens with zero attached hydrogens (tertiary/aromatic N) is 3. The van der Waals surface area contributed by atoms with Crippen LogP contribution in [0.4, 0.5) is 0 Å². The van der Waals surface area contributed by atoms with E-state index in [1.54, 1.807) is 12.1 Å². The van der Waals surface area contributed by atoms with E-state index in [0.29, 0.717) is 23.4 Å². The molecule has 0 atom stereocenters. The van der Waals surface area contributed by atoms with Gasteiger partial charge in [0.2, 0.25) is 0 Å². The molecule has 2 rings (SSSR count). The molecule has 0 bridgehead atoms. The lowest BCUT2D eigenvalue weighted by molar-refractivity contribution is 0.0954. The van der Waals surface area contributed by atoms with E-state index in [0.717, 1.165) is 22.8 Å². The molecule has 0 saturated heterocycles. The van der Waals surface area contributed by atoms with E-state index in [1.165, 1.54) is 0 Å². The van der Waals surface area contributed by atoms with E-state index in [9.17, 15) is 4.79 Å². The van der Waals surface area contributed by atoms with Crippen molar-refractivity contribution in [2.45, 2.75) is 19.9 Å². The summed E-state index contributed by atoms with van der Waals surface area (Å²) in [6.07, 6.45) is 0.691. The third-order valence-corrected chi connectivity index (χ3v) is 3.40. The Morgan fingerprint density at radius 2 is 2.16 bits per heavy atom. The number of rotatable bonds is 4. The van der Waals surface area contributed by atoms with Gasteiger partial charge in [0.15, 0.2) is 0 Å². The molecule has 0 aliphatic heterocycles. The number of carbonyl (C=O) groups excluding carboxylic acids is 1. The minimum absolute atomic E-state index is 0.156. The molecule has 1 aromatic heterocycles. The van der Waals surface area contributed by atoms with E-state index in [2.05, 4.69) is 21.0 Å². The maximum Gasteiger partial charge on any atom is 0.265 e. The Labute approximate surface area is 115 Å². The smallest absolute Gasteiger partial charge is 0.265 e. The Bertz CT molecular complexity index is 612. The van der Waals surface area contributed by atoms with Gasteiger partial charge in [0.1, 0.15) is 4.88 Å². The van der Waals surface area contributed by atoms with Crippen molar-refractivity contribution in [3.05, 3.63) is 46.0 Å². The van der Waals surface area contributed by atoms with Crippen molar-refractivity contribution in [1.29, 1.82) is 5.26 Å². The Hall–Kier alpha value is -2.26. The molecule has 0 fully saturated rings. The highest BCUT2D eigenvalue weighted by molar-refractivity contribution is 7.08. The van der Waals surface area contributed by atoms with Crippen molar-refractivity contribution in [1.82, 2.24) is 14.9 Å². The van der Waals surface area contributed by atoms with Crippen LogP contribution >= 0.6 is 11.5 Å². The molecule has 1 N–H and O–H groups in total. The maximum absolute atomic E-state index is 11.9. The first kappa shape index (κ1) is 13.2. The molecule has 0 radical (unpaired) electrons. The quantitative estimate of drug-likeness (QED) is 0.922. The molecule has 2 aromatic rings. The molecule has 0 unspecified atom stereocenters. The zero-order valence-electron chi connectivity index (χ0n) is 10.4. The van der Waals surface area contributed by atoms with Crippen LogP contribution in [0.25, 0.3) is 0 Å². The van der Waals surface area contributed by atoms with Gasteiger partial charge in [-0.05, 0) is 35.6 Å². The highest BCUT2D eigenvalue weighted by Crippen LogP contribution is 2.11. The zero-order chi connectivity index (χ0) is 13.7. The molecule has 1 heterocycles. The van der Waals surface area contributed by atoms with Gasteiger partial charge in [0.05, 0.1) is 17.3 Å². The summed E-state index contributed by atoms with van der Waals surface area (Å²) in [6, 6.07) is 9.16. The predicted molar refractivity (Wildman–Crippen MR) is 71.6 cm³/mol.